The zero-order valence-corrected chi connectivity index (χ0v) is 31.7. The lowest BCUT2D eigenvalue weighted by molar-refractivity contribution is -0.146. The summed E-state index contributed by atoms with van der Waals surface area (Å²) in [6.45, 7) is 7.38. The summed E-state index contributed by atoms with van der Waals surface area (Å²) < 4.78 is 9.61. The highest BCUT2D eigenvalue weighted by atomic mass is 79.9. The number of halogens is 1. The number of fused-ring (bicyclic) bond motifs is 2. The molecule has 2 saturated heterocycles. The maximum absolute atomic E-state index is 14.9. The smallest absolute Gasteiger partial charge is 0.264 e. The van der Waals surface area contributed by atoms with Crippen LogP contribution in [0.3, 0.4) is 0 Å². The van der Waals surface area contributed by atoms with Gasteiger partial charge in [-0.2, -0.15) is 0 Å². The Hall–Kier alpha value is -3.72. The summed E-state index contributed by atoms with van der Waals surface area (Å²) in [5, 5.41) is 25.2. The molecule has 4 aromatic rings. The molecule has 2 fully saturated rings. The summed E-state index contributed by atoms with van der Waals surface area (Å²) >= 11 is 3.64. The Morgan fingerprint density at radius 3 is 2.69 bits per heavy atom. The van der Waals surface area contributed by atoms with E-state index in [1.165, 1.54) is 0 Å². The van der Waals surface area contributed by atoms with Crippen LogP contribution in [0.4, 0.5) is 11.4 Å². The summed E-state index contributed by atoms with van der Waals surface area (Å²) in [7, 11) is -2.87. The van der Waals surface area contributed by atoms with Crippen LogP contribution in [0.1, 0.15) is 54.5 Å². The number of hydrogen-bond acceptors (Lipinski definition) is 8. The fourth-order valence-corrected chi connectivity index (χ4v) is 11.4. The minimum atomic E-state index is -2.87. The van der Waals surface area contributed by atoms with Crippen molar-refractivity contribution >= 4 is 47.4 Å². The first-order valence-electron chi connectivity index (χ1n) is 17.7. The number of ether oxygens (including phenoxy) is 1. The van der Waals surface area contributed by atoms with Gasteiger partial charge < -0.3 is 30.2 Å². The second-order valence-corrected chi connectivity index (χ2v) is 19.5. The molecule has 268 valence electrons. The summed E-state index contributed by atoms with van der Waals surface area (Å²) in [6.07, 6.45) is 3.74. The molecule has 11 nitrogen and oxygen atoms in total. The topological polar surface area (TPSA) is 142 Å². The third-order valence-corrected chi connectivity index (χ3v) is 13.8. The lowest BCUT2D eigenvalue weighted by Gasteiger charge is -2.32. The standard InChI is InChI=1S/C38H45BrN6O5Si/c1-24-35(51(2,3)49)34(16-18-44-22-32(42-43-44)29(23-46)26-10-5-4-6-11-26)50-38(24)30-20-27(39)14-15-33(30)45(37(38)48)21-25-9-7-12-28(19-25)41-36(47)31-13-8-17-40-31/h4-7,9-12,14-15,19-20,22,24,29,31,34-35,40,46,49H,8,13,16-18,21,23H2,1-3H3,(H,41,47)/t24-,29?,31+,34+,35-,38+/m0/s1. The highest BCUT2D eigenvalue weighted by molar-refractivity contribution is 9.10. The van der Waals surface area contributed by atoms with E-state index < -0.39 is 20.0 Å². The highest BCUT2D eigenvalue weighted by Gasteiger charge is 2.66. The van der Waals surface area contributed by atoms with Gasteiger partial charge in [-0.25, -0.2) is 0 Å². The summed E-state index contributed by atoms with van der Waals surface area (Å²) in [5.74, 6) is -0.813. The number of aliphatic hydroxyl groups is 1. The number of aromatic nitrogens is 3. The van der Waals surface area contributed by atoms with E-state index in [4.69, 9.17) is 4.74 Å². The van der Waals surface area contributed by atoms with Crippen molar-refractivity contribution in [1.29, 1.82) is 0 Å². The summed E-state index contributed by atoms with van der Waals surface area (Å²) in [6, 6.07) is 23.0. The molecular formula is C38H45BrN6O5Si. The van der Waals surface area contributed by atoms with Gasteiger partial charge in [-0.1, -0.05) is 70.5 Å². The third-order valence-electron chi connectivity index (χ3n) is 10.8. The predicted molar refractivity (Wildman–Crippen MR) is 201 cm³/mol. The first-order chi connectivity index (χ1) is 24.5. The fourth-order valence-electron chi connectivity index (χ4n) is 8.44. The van der Waals surface area contributed by atoms with E-state index in [1.807, 2.05) is 99.0 Å². The molecule has 4 N–H and O–H groups in total. The van der Waals surface area contributed by atoms with Crippen molar-refractivity contribution in [3.63, 3.8) is 0 Å². The van der Waals surface area contributed by atoms with Gasteiger partial charge in [0.25, 0.3) is 5.91 Å². The van der Waals surface area contributed by atoms with Crippen molar-refractivity contribution in [3.05, 3.63) is 106 Å². The van der Waals surface area contributed by atoms with Crippen molar-refractivity contribution in [1.82, 2.24) is 20.3 Å². The van der Waals surface area contributed by atoms with Gasteiger partial charge in [0.1, 0.15) is 0 Å². The number of nitrogens with one attached hydrogen (secondary N) is 2. The molecule has 1 aromatic heterocycles. The molecule has 51 heavy (non-hydrogen) atoms. The quantitative estimate of drug-likeness (QED) is 0.151. The number of aryl methyl sites for hydroxylation is 1. The Bertz CT molecular complexity index is 1900. The number of carbonyl (C=O) groups is 2. The van der Waals surface area contributed by atoms with Crippen LogP contribution in [-0.4, -0.2) is 70.3 Å². The first kappa shape index (κ1) is 35.7. The van der Waals surface area contributed by atoms with Crippen LogP contribution in [0.2, 0.25) is 18.6 Å². The SMILES string of the molecule is C[C@H]1[C@H]([Si](C)(C)O)[C@@H](CCn2cc(C(CO)c3ccccc3)nn2)O[C@]12C(=O)N(Cc1cccc(NC(=O)[C@H]3CCCN3)c1)c1ccc(Br)cc12. The van der Waals surface area contributed by atoms with E-state index >= 15 is 0 Å². The molecule has 1 unspecified atom stereocenters. The van der Waals surface area contributed by atoms with Crippen LogP contribution in [0.25, 0.3) is 0 Å². The molecule has 1 spiro atoms. The number of benzene rings is 3. The molecule has 0 radical (unpaired) electrons. The Morgan fingerprint density at radius 2 is 1.96 bits per heavy atom. The Kier molecular flexibility index (Phi) is 10.0. The second kappa shape index (κ2) is 14.4. The minimum Gasteiger partial charge on any atom is -0.432 e. The average molecular weight is 774 g/mol. The lowest BCUT2D eigenvalue weighted by atomic mass is 9.82. The van der Waals surface area contributed by atoms with E-state index in [1.54, 1.807) is 9.58 Å². The van der Waals surface area contributed by atoms with Crippen molar-refractivity contribution in [2.75, 3.05) is 23.4 Å². The van der Waals surface area contributed by atoms with Crippen molar-refractivity contribution < 1.29 is 24.2 Å². The molecule has 4 heterocycles. The van der Waals surface area contributed by atoms with E-state index in [0.29, 0.717) is 30.9 Å². The molecule has 0 bridgehead atoms. The summed E-state index contributed by atoms with van der Waals surface area (Å²) in [4.78, 5) is 41.2. The van der Waals surface area contributed by atoms with Gasteiger partial charge in [-0.15, -0.1) is 5.10 Å². The molecule has 2 amide bonds. The van der Waals surface area contributed by atoms with Crippen LogP contribution in [0.5, 0.6) is 0 Å². The minimum absolute atomic E-state index is 0.0522. The van der Waals surface area contributed by atoms with Gasteiger partial charge in [0.15, 0.2) is 13.9 Å². The van der Waals surface area contributed by atoms with Crippen LogP contribution >= 0.6 is 15.9 Å². The number of rotatable bonds is 11. The molecule has 7 rings (SSSR count). The average Bonchev–Trinajstić information content (AvgIpc) is 3.90. The van der Waals surface area contributed by atoms with Crippen LogP contribution < -0.4 is 15.5 Å². The third kappa shape index (κ3) is 6.83. The Morgan fingerprint density at radius 1 is 1.16 bits per heavy atom. The van der Waals surface area contributed by atoms with Crippen LogP contribution in [-0.2, 0) is 33.0 Å². The zero-order valence-electron chi connectivity index (χ0n) is 29.1. The van der Waals surface area contributed by atoms with E-state index in [9.17, 15) is 19.5 Å². The monoisotopic (exact) mass is 772 g/mol. The van der Waals surface area contributed by atoms with Crippen molar-refractivity contribution in [3.8, 4) is 0 Å². The number of aliphatic hydroxyl groups excluding tert-OH is 1. The van der Waals surface area contributed by atoms with Crippen LogP contribution in [0.15, 0.2) is 83.5 Å². The largest absolute Gasteiger partial charge is 0.432 e. The number of amides is 2. The lowest BCUT2D eigenvalue weighted by Crippen LogP contribution is -2.46. The maximum atomic E-state index is 14.9. The van der Waals surface area contributed by atoms with Crippen LogP contribution in [0, 0.1) is 5.92 Å². The number of hydrogen-bond donors (Lipinski definition) is 4. The molecule has 0 aliphatic carbocycles. The normalized spacial score (nSPS) is 25.1. The number of nitrogens with zero attached hydrogens (tertiary/aromatic N) is 4. The van der Waals surface area contributed by atoms with E-state index in [-0.39, 0.29) is 41.8 Å². The predicted octanol–water partition coefficient (Wildman–Crippen LogP) is 5.29. The zero-order chi connectivity index (χ0) is 35.9. The molecule has 3 aliphatic rings. The molecule has 3 aromatic carbocycles. The van der Waals surface area contributed by atoms with Gasteiger partial charge in [0.2, 0.25) is 5.91 Å². The molecule has 13 heteroatoms. The van der Waals surface area contributed by atoms with Gasteiger partial charge in [-0.05, 0) is 80.4 Å². The van der Waals surface area contributed by atoms with Crippen molar-refractivity contribution in [2.45, 2.75) is 81.6 Å². The molecule has 3 aliphatic heterocycles. The van der Waals surface area contributed by atoms with Crippen molar-refractivity contribution in [2.24, 2.45) is 5.92 Å². The molecule has 6 atom stereocenters. The van der Waals surface area contributed by atoms with E-state index in [2.05, 4.69) is 36.9 Å². The second-order valence-electron chi connectivity index (χ2n) is 14.6. The highest BCUT2D eigenvalue weighted by Crippen LogP contribution is 2.60. The number of anilines is 2. The Balaban J connectivity index is 1.14. The van der Waals surface area contributed by atoms with Gasteiger partial charge in [0, 0.05) is 39.9 Å². The van der Waals surface area contributed by atoms with Gasteiger partial charge in [-0.3, -0.25) is 14.3 Å². The van der Waals surface area contributed by atoms with Gasteiger partial charge in [0.05, 0.1) is 42.6 Å². The summed E-state index contributed by atoms with van der Waals surface area (Å²) in [5.41, 5.74) is 3.23. The molecular weight excluding hydrogens is 728 g/mol. The first-order valence-corrected chi connectivity index (χ1v) is 21.5. The Labute approximate surface area is 307 Å². The number of carbonyl (C=O) groups excluding carboxylic acids is 2. The van der Waals surface area contributed by atoms with E-state index in [0.717, 1.165) is 46.2 Å². The molecule has 0 saturated carbocycles. The maximum Gasteiger partial charge on any atom is 0.264 e. The fraction of sp³-hybridized carbons (Fsp3) is 0.421. The van der Waals surface area contributed by atoms with Gasteiger partial charge >= 0.3 is 0 Å².